The number of hydrogen-bond donors (Lipinski definition) is 3. The third-order valence-corrected chi connectivity index (χ3v) is 5.99. The molecule has 1 saturated heterocycles. The highest BCUT2D eigenvalue weighted by atomic mass is 16.4. The van der Waals surface area contributed by atoms with Gasteiger partial charge < -0.3 is 25.5 Å². The third-order valence-electron chi connectivity index (χ3n) is 5.99. The summed E-state index contributed by atoms with van der Waals surface area (Å²) in [4.78, 5) is 29.9. The van der Waals surface area contributed by atoms with Gasteiger partial charge in [0.1, 0.15) is 5.84 Å². The molecule has 0 spiro atoms. The van der Waals surface area contributed by atoms with Crippen LogP contribution in [-0.4, -0.2) is 72.0 Å². The summed E-state index contributed by atoms with van der Waals surface area (Å²) in [5, 5.41) is 16.6. The second kappa shape index (κ2) is 8.50. The Bertz CT molecular complexity index is 720. The lowest BCUT2D eigenvalue weighted by Crippen LogP contribution is -2.54. The van der Waals surface area contributed by atoms with Crippen LogP contribution in [0.2, 0.25) is 0 Å². The van der Waals surface area contributed by atoms with Gasteiger partial charge in [0.15, 0.2) is 0 Å². The summed E-state index contributed by atoms with van der Waals surface area (Å²) in [7, 11) is 1.83. The standard InChI is InChI=1S/C20H29N5O3/c1-23(16-6-4-15(5-7-16)19(26)27)20(28)25-12-10-24(11-13-25)17-8-2-14(3-9-17)18(21)22/h2-3,8-9,15-16H,4-7,10-13H2,1H3,(H3,21,22)(H,26,27)/t15-,16-. The predicted octanol–water partition coefficient (Wildman–Crippen LogP) is 1.79. The van der Waals surface area contributed by atoms with Gasteiger partial charge in [0.25, 0.3) is 0 Å². The molecule has 0 radical (unpaired) electrons. The smallest absolute Gasteiger partial charge is 0.320 e. The van der Waals surface area contributed by atoms with Crippen molar-refractivity contribution < 1.29 is 14.7 Å². The third kappa shape index (κ3) is 4.37. The summed E-state index contributed by atoms with van der Waals surface area (Å²) < 4.78 is 0. The maximum atomic E-state index is 12.9. The second-order valence-corrected chi connectivity index (χ2v) is 7.67. The van der Waals surface area contributed by atoms with Crippen LogP contribution in [0.15, 0.2) is 24.3 Å². The van der Waals surface area contributed by atoms with E-state index >= 15 is 0 Å². The van der Waals surface area contributed by atoms with Crippen LogP contribution in [0.3, 0.4) is 0 Å². The SMILES string of the molecule is CN(C(=O)N1CCN(c2ccc(C(=N)N)cc2)CC1)[C@H]1CC[C@H](C(=O)O)CC1. The number of nitrogens with two attached hydrogens (primary N) is 1. The summed E-state index contributed by atoms with van der Waals surface area (Å²) in [6.45, 7) is 2.82. The molecule has 0 bridgehead atoms. The molecule has 1 aromatic carbocycles. The van der Waals surface area contributed by atoms with Gasteiger partial charge in [-0.1, -0.05) is 0 Å². The van der Waals surface area contributed by atoms with Crippen molar-refractivity contribution in [3.63, 3.8) is 0 Å². The molecule has 8 nitrogen and oxygen atoms in total. The molecule has 3 rings (SSSR count). The number of nitrogens with zero attached hydrogens (tertiary/aromatic N) is 3. The number of amidine groups is 1. The lowest BCUT2D eigenvalue weighted by Gasteiger charge is -2.40. The summed E-state index contributed by atoms with van der Waals surface area (Å²) in [5.41, 5.74) is 7.27. The number of carbonyl (C=O) groups excluding carboxylic acids is 1. The predicted molar refractivity (Wildman–Crippen MR) is 108 cm³/mol. The molecule has 2 fully saturated rings. The number of rotatable bonds is 4. The number of nitrogen functional groups attached to an aromatic ring is 1. The number of carbonyl (C=O) groups is 2. The van der Waals surface area contributed by atoms with E-state index in [2.05, 4.69) is 4.90 Å². The highest BCUT2D eigenvalue weighted by Crippen LogP contribution is 2.28. The Morgan fingerprint density at radius 3 is 2.14 bits per heavy atom. The highest BCUT2D eigenvalue weighted by molar-refractivity contribution is 5.95. The van der Waals surface area contributed by atoms with Crippen molar-refractivity contribution in [2.75, 3.05) is 38.1 Å². The quantitative estimate of drug-likeness (QED) is 0.538. The normalized spacial score (nSPS) is 22.6. The minimum atomic E-state index is -0.722. The minimum Gasteiger partial charge on any atom is -0.481 e. The van der Waals surface area contributed by atoms with Gasteiger partial charge in [-0.05, 0) is 49.9 Å². The van der Waals surface area contributed by atoms with E-state index in [0.717, 1.165) is 31.6 Å². The Hall–Kier alpha value is -2.77. The number of amides is 2. The molecule has 4 N–H and O–H groups in total. The zero-order valence-corrected chi connectivity index (χ0v) is 16.3. The molecule has 2 amide bonds. The number of aliphatic carboxylic acids is 1. The lowest BCUT2D eigenvalue weighted by atomic mass is 9.85. The van der Waals surface area contributed by atoms with E-state index < -0.39 is 5.97 Å². The molecule has 2 aliphatic rings. The minimum absolute atomic E-state index is 0.0327. The fourth-order valence-electron chi connectivity index (χ4n) is 4.10. The molecule has 0 atom stereocenters. The molecular weight excluding hydrogens is 358 g/mol. The van der Waals surface area contributed by atoms with Crippen molar-refractivity contribution in [1.29, 1.82) is 5.41 Å². The first-order valence-corrected chi connectivity index (χ1v) is 9.80. The van der Waals surface area contributed by atoms with E-state index in [1.54, 1.807) is 4.90 Å². The maximum absolute atomic E-state index is 12.9. The van der Waals surface area contributed by atoms with Gasteiger partial charge in [0, 0.05) is 50.5 Å². The molecular formula is C20H29N5O3. The largest absolute Gasteiger partial charge is 0.481 e. The molecule has 1 saturated carbocycles. The fourth-order valence-corrected chi connectivity index (χ4v) is 4.10. The Morgan fingerprint density at radius 2 is 1.64 bits per heavy atom. The molecule has 0 aromatic heterocycles. The van der Waals surface area contributed by atoms with Gasteiger partial charge in [0.2, 0.25) is 0 Å². The van der Waals surface area contributed by atoms with Crippen LogP contribution in [0, 0.1) is 11.3 Å². The van der Waals surface area contributed by atoms with Crippen molar-refractivity contribution >= 4 is 23.5 Å². The Morgan fingerprint density at radius 1 is 1.07 bits per heavy atom. The lowest BCUT2D eigenvalue weighted by molar-refractivity contribution is -0.143. The fraction of sp³-hybridized carbons (Fsp3) is 0.550. The van der Waals surface area contributed by atoms with Crippen molar-refractivity contribution in [2.45, 2.75) is 31.7 Å². The molecule has 28 heavy (non-hydrogen) atoms. The Labute approximate surface area is 165 Å². The molecule has 0 unspecified atom stereocenters. The van der Waals surface area contributed by atoms with Crippen LogP contribution in [0.25, 0.3) is 0 Å². The van der Waals surface area contributed by atoms with Crippen LogP contribution < -0.4 is 10.6 Å². The van der Waals surface area contributed by atoms with Gasteiger partial charge >= 0.3 is 12.0 Å². The van der Waals surface area contributed by atoms with Gasteiger partial charge in [-0.25, -0.2) is 4.79 Å². The first-order valence-electron chi connectivity index (χ1n) is 9.80. The monoisotopic (exact) mass is 387 g/mol. The molecule has 1 aromatic rings. The average molecular weight is 387 g/mol. The molecule has 152 valence electrons. The summed E-state index contributed by atoms with van der Waals surface area (Å²) in [6, 6.07) is 7.76. The van der Waals surface area contributed by atoms with Crippen LogP contribution >= 0.6 is 0 Å². The Kier molecular flexibility index (Phi) is 6.06. The van der Waals surface area contributed by atoms with Gasteiger partial charge in [0.05, 0.1) is 5.92 Å². The van der Waals surface area contributed by atoms with Gasteiger partial charge in [-0.3, -0.25) is 10.2 Å². The zero-order valence-electron chi connectivity index (χ0n) is 16.3. The molecule has 8 heteroatoms. The maximum Gasteiger partial charge on any atom is 0.320 e. The van der Waals surface area contributed by atoms with E-state index in [0.29, 0.717) is 31.5 Å². The molecule has 1 aliphatic carbocycles. The van der Waals surface area contributed by atoms with Gasteiger partial charge in [-0.15, -0.1) is 0 Å². The number of hydrogen-bond acceptors (Lipinski definition) is 4. The second-order valence-electron chi connectivity index (χ2n) is 7.67. The number of benzene rings is 1. The van der Waals surface area contributed by atoms with E-state index in [4.69, 9.17) is 16.2 Å². The average Bonchev–Trinajstić information content (AvgIpc) is 2.73. The highest BCUT2D eigenvalue weighted by Gasteiger charge is 2.32. The van der Waals surface area contributed by atoms with Crippen molar-refractivity contribution in [2.24, 2.45) is 11.7 Å². The zero-order chi connectivity index (χ0) is 20.3. The van der Waals surface area contributed by atoms with Crippen molar-refractivity contribution in [1.82, 2.24) is 9.80 Å². The van der Waals surface area contributed by atoms with Gasteiger partial charge in [-0.2, -0.15) is 0 Å². The van der Waals surface area contributed by atoms with Crippen molar-refractivity contribution in [3.8, 4) is 0 Å². The van der Waals surface area contributed by atoms with Crippen LogP contribution in [-0.2, 0) is 4.79 Å². The van der Waals surface area contributed by atoms with Crippen molar-refractivity contribution in [3.05, 3.63) is 29.8 Å². The summed E-state index contributed by atoms with van der Waals surface area (Å²) in [5.74, 6) is -0.931. The van der Waals surface area contributed by atoms with E-state index in [-0.39, 0.29) is 23.8 Å². The summed E-state index contributed by atoms with van der Waals surface area (Å²) in [6.07, 6.45) is 2.78. The number of carboxylic acid groups (broad SMARTS) is 1. The number of nitrogens with one attached hydrogen (secondary N) is 1. The number of carboxylic acids is 1. The van der Waals surface area contributed by atoms with E-state index in [1.807, 2.05) is 36.2 Å². The first kappa shape index (κ1) is 20.0. The van der Waals surface area contributed by atoms with E-state index in [1.165, 1.54) is 0 Å². The first-order chi connectivity index (χ1) is 13.4. The molecule has 1 heterocycles. The molecule has 1 aliphatic heterocycles. The van der Waals surface area contributed by atoms with Crippen LogP contribution in [0.4, 0.5) is 10.5 Å². The van der Waals surface area contributed by atoms with Crippen LogP contribution in [0.5, 0.6) is 0 Å². The number of urea groups is 1. The number of anilines is 1. The summed E-state index contributed by atoms with van der Waals surface area (Å²) >= 11 is 0. The topological polar surface area (TPSA) is 114 Å². The van der Waals surface area contributed by atoms with E-state index in [9.17, 15) is 9.59 Å². The van der Waals surface area contributed by atoms with Crippen LogP contribution in [0.1, 0.15) is 31.2 Å². The Balaban J connectivity index is 1.50. The number of piperazine rings is 1.